The summed E-state index contributed by atoms with van der Waals surface area (Å²) in [5, 5.41) is 8.12. The van der Waals surface area contributed by atoms with E-state index in [1.165, 1.54) is 0 Å². The zero-order chi connectivity index (χ0) is 10.2. The molecule has 0 saturated carbocycles. The molecule has 0 aromatic rings. The summed E-state index contributed by atoms with van der Waals surface area (Å²) in [5.74, 6) is -4.79. The van der Waals surface area contributed by atoms with Gasteiger partial charge in [0.05, 0.1) is 0 Å². The van der Waals surface area contributed by atoms with Crippen LogP contribution in [0.2, 0.25) is 0 Å². The van der Waals surface area contributed by atoms with Gasteiger partial charge in [0.25, 0.3) is 6.17 Å². The van der Waals surface area contributed by atoms with Gasteiger partial charge in [-0.25, -0.2) is 13.2 Å². The molecule has 0 bridgehead atoms. The molecule has 2 atom stereocenters. The van der Waals surface area contributed by atoms with Crippen LogP contribution in [0.4, 0.5) is 26.3 Å². The number of alkyl halides is 6. The molecule has 12 heavy (non-hydrogen) atoms. The summed E-state index contributed by atoms with van der Waals surface area (Å²) in [7, 11) is 0. The van der Waals surface area contributed by atoms with Crippen LogP contribution >= 0.6 is 0 Å². The fraction of sp³-hybridized carbons (Fsp3) is 1.00. The normalized spacial score (nSPS) is 19.0. The second-order valence-corrected chi connectivity index (χ2v) is 2.25. The Morgan fingerprint density at radius 2 is 1.42 bits per heavy atom. The molecule has 7 heteroatoms. The van der Waals surface area contributed by atoms with Crippen LogP contribution in [-0.2, 0) is 0 Å². The smallest absolute Gasteiger partial charge is 0.387 e. The molecule has 0 aromatic heterocycles. The van der Waals surface area contributed by atoms with Crippen molar-refractivity contribution < 1.29 is 31.4 Å². The summed E-state index contributed by atoms with van der Waals surface area (Å²) < 4.78 is 70.1. The van der Waals surface area contributed by atoms with Crippen LogP contribution in [0.15, 0.2) is 0 Å². The second kappa shape index (κ2) is 3.12. The fourth-order valence-corrected chi connectivity index (χ4v) is 0.430. The lowest BCUT2D eigenvalue weighted by atomic mass is 10.1. The lowest BCUT2D eigenvalue weighted by Crippen LogP contribution is -2.48. The Kier molecular flexibility index (Phi) is 3.00. The van der Waals surface area contributed by atoms with Gasteiger partial charge in [-0.05, 0) is 6.92 Å². The maximum atomic E-state index is 12.1. The van der Waals surface area contributed by atoms with E-state index >= 15 is 0 Å². The Labute approximate surface area is 64.0 Å². The van der Waals surface area contributed by atoms with E-state index in [1.807, 2.05) is 0 Å². The molecule has 0 aliphatic heterocycles. The SMILES string of the molecule is CC(O)C(F)(F)[C@@H](F)C(F)(F)F. The van der Waals surface area contributed by atoms with Crippen molar-refractivity contribution in [1.82, 2.24) is 0 Å². The molecule has 1 unspecified atom stereocenters. The molecule has 1 nitrogen and oxygen atoms in total. The minimum absolute atomic E-state index is 0.387. The van der Waals surface area contributed by atoms with Gasteiger partial charge in [0.2, 0.25) is 0 Å². The second-order valence-electron chi connectivity index (χ2n) is 2.25. The molecule has 0 aliphatic rings. The van der Waals surface area contributed by atoms with E-state index in [1.54, 1.807) is 0 Å². The lowest BCUT2D eigenvalue weighted by Gasteiger charge is -2.24. The van der Waals surface area contributed by atoms with Gasteiger partial charge in [0, 0.05) is 0 Å². The highest BCUT2D eigenvalue weighted by Gasteiger charge is 2.59. The van der Waals surface area contributed by atoms with Crippen LogP contribution in [0.5, 0.6) is 0 Å². The standard InChI is InChI=1S/C5H6F6O/c1-2(12)4(7,8)3(6)5(9,10)11/h2-3,12H,1H3/t2?,3-/m1/s1. The van der Waals surface area contributed by atoms with Crippen molar-refractivity contribution in [3.63, 3.8) is 0 Å². The van der Waals surface area contributed by atoms with Gasteiger partial charge in [-0.2, -0.15) is 13.2 Å². The van der Waals surface area contributed by atoms with Gasteiger partial charge in [0.15, 0.2) is 0 Å². The Balaban J connectivity index is 4.57. The summed E-state index contributed by atoms with van der Waals surface area (Å²) in [6, 6.07) is 0. The van der Waals surface area contributed by atoms with Gasteiger partial charge in [-0.3, -0.25) is 0 Å². The predicted octanol–water partition coefficient (Wildman–Crippen LogP) is 1.90. The van der Waals surface area contributed by atoms with E-state index in [2.05, 4.69) is 0 Å². The molecule has 0 radical (unpaired) electrons. The quantitative estimate of drug-likeness (QED) is 0.668. The predicted molar refractivity (Wildman–Crippen MR) is 27.6 cm³/mol. The van der Waals surface area contributed by atoms with Gasteiger partial charge in [-0.15, -0.1) is 0 Å². The minimum Gasteiger partial charge on any atom is -0.387 e. The van der Waals surface area contributed by atoms with E-state index in [-0.39, 0.29) is 0 Å². The molecular weight excluding hydrogens is 190 g/mol. The summed E-state index contributed by atoms with van der Waals surface area (Å²) >= 11 is 0. The van der Waals surface area contributed by atoms with Crippen molar-refractivity contribution in [2.24, 2.45) is 0 Å². The zero-order valence-corrected chi connectivity index (χ0v) is 5.87. The summed E-state index contributed by atoms with van der Waals surface area (Å²) in [6.45, 7) is 0.387. The van der Waals surface area contributed by atoms with Crippen molar-refractivity contribution in [3.8, 4) is 0 Å². The van der Waals surface area contributed by atoms with Crippen molar-refractivity contribution in [2.45, 2.75) is 31.3 Å². The summed E-state index contributed by atoms with van der Waals surface area (Å²) in [5.41, 5.74) is 0. The number of hydrogen-bond acceptors (Lipinski definition) is 1. The molecule has 0 heterocycles. The van der Waals surface area contributed by atoms with Crippen LogP contribution in [-0.4, -0.2) is 29.5 Å². The largest absolute Gasteiger partial charge is 0.425 e. The summed E-state index contributed by atoms with van der Waals surface area (Å²) in [4.78, 5) is 0. The van der Waals surface area contributed by atoms with Crippen LogP contribution in [0.1, 0.15) is 6.92 Å². The third kappa shape index (κ3) is 2.26. The van der Waals surface area contributed by atoms with Gasteiger partial charge in [0.1, 0.15) is 6.10 Å². The van der Waals surface area contributed by atoms with E-state index in [9.17, 15) is 26.3 Å². The minimum atomic E-state index is -5.65. The highest BCUT2D eigenvalue weighted by atomic mass is 19.4. The van der Waals surface area contributed by atoms with Crippen molar-refractivity contribution >= 4 is 0 Å². The van der Waals surface area contributed by atoms with Crippen molar-refractivity contribution in [1.29, 1.82) is 0 Å². The Bertz CT molecular complexity index is 151. The molecule has 0 fully saturated rings. The maximum Gasteiger partial charge on any atom is 0.425 e. The highest BCUT2D eigenvalue weighted by Crippen LogP contribution is 2.36. The lowest BCUT2D eigenvalue weighted by molar-refractivity contribution is -0.265. The van der Waals surface area contributed by atoms with Gasteiger partial charge >= 0.3 is 12.1 Å². The average Bonchev–Trinajstić information content (AvgIpc) is 1.83. The molecule has 0 spiro atoms. The third-order valence-electron chi connectivity index (χ3n) is 1.18. The van der Waals surface area contributed by atoms with Gasteiger partial charge < -0.3 is 5.11 Å². The maximum absolute atomic E-state index is 12.1. The first-order chi connectivity index (χ1) is 5.10. The number of aliphatic hydroxyl groups excluding tert-OH is 1. The van der Waals surface area contributed by atoms with Crippen molar-refractivity contribution in [2.75, 3.05) is 0 Å². The van der Waals surface area contributed by atoms with Crippen LogP contribution in [0.25, 0.3) is 0 Å². The third-order valence-corrected chi connectivity index (χ3v) is 1.18. The zero-order valence-electron chi connectivity index (χ0n) is 5.87. The number of hydrogen-bond donors (Lipinski definition) is 1. The van der Waals surface area contributed by atoms with Gasteiger partial charge in [-0.1, -0.05) is 0 Å². The Morgan fingerprint density at radius 1 is 1.08 bits per heavy atom. The molecule has 0 saturated heterocycles. The molecule has 74 valence electrons. The molecule has 0 aromatic carbocycles. The van der Waals surface area contributed by atoms with E-state index in [0.29, 0.717) is 6.92 Å². The molecular formula is C5H6F6O. The van der Waals surface area contributed by atoms with E-state index in [0.717, 1.165) is 0 Å². The molecule has 0 aliphatic carbocycles. The van der Waals surface area contributed by atoms with Crippen LogP contribution in [0.3, 0.4) is 0 Å². The van der Waals surface area contributed by atoms with Crippen LogP contribution < -0.4 is 0 Å². The van der Waals surface area contributed by atoms with Crippen LogP contribution in [0, 0.1) is 0 Å². The number of halogens is 6. The molecule has 0 amide bonds. The molecule has 0 rings (SSSR count). The summed E-state index contributed by atoms with van der Waals surface area (Å²) in [6.07, 6.45) is -12.7. The van der Waals surface area contributed by atoms with E-state index in [4.69, 9.17) is 5.11 Å². The average molecular weight is 196 g/mol. The first kappa shape index (κ1) is 11.5. The highest BCUT2D eigenvalue weighted by molar-refractivity contribution is 4.86. The number of rotatable bonds is 2. The van der Waals surface area contributed by atoms with E-state index < -0.39 is 24.4 Å². The topological polar surface area (TPSA) is 20.2 Å². The first-order valence-electron chi connectivity index (χ1n) is 2.86. The van der Waals surface area contributed by atoms with Crippen molar-refractivity contribution in [3.05, 3.63) is 0 Å². The Morgan fingerprint density at radius 3 is 1.50 bits per heavy atom. The number of aliphatic hydroxyl groups is 1. The fourth-order valence-electron chi connectivity index (χ4n) is 0.430. The first-order valence-corrected chi connectivity index (χ1v) is 2.86. The monoisotopic (exact) mass is 196 g/mol. The Hall–Kier alpha value is -0.460. The molecule has 1 N–H and O–H groups in total.